The van der Waals surface area contributed by atoms with Crippen LogP contribution in [0, 0.1) is 20.8 Å². The summed E-state index contributed by atoms with van der Waals surface area (Å²) in [5, 5.41) is 5.53. The fourth-order valence-corrected chi connectivity index (χ4v) is 3.39. The van der Waals surface area contributed by atoms with Gasteiger partial charge in [0.15, 0.2) is 0 Å². The fraction of sp³-hybridized carbons (Fsp3) is 0.273. The minimum atomic E-state index is -0.656. The van der Waals surface area contributed by atoms with Crippen LogP contribution >= 0.6 is 0 Å². The van der Waals surface area contributed by atoms with Crippen LogP contribution in [0.5, 0.6) is 11.5 Å². The predicted molar refractivity (Wildman–Crippen MR) is 120 cm³/mol. The lowest BCUT2D eigenvalue weighted by molar-refractivity contribution is 0.246. The molecule has 0 aliphatic heterocycles. The van der Waals surface area contributed by atoms with E-state index < -0.39 is 6.03 Å². The molecule has 0 radical (unpaired) electrons. The van der Waals surface area contributed by atoms with Gasteiger partial charge in [0.05, 0.1) is 24.1 Å². The monoisotopic (exact) mass is 424 g/mol. The van der Waals surface area contributed by atoms with Gasteiger partial charge in [-0.05, 0) is 62.2 Å². The Morgan fingerprint density at radius 3 is 2.52 bits per heavy atom. The molecule has 31 heavy (non-hydrogen) atoms. The minimum absolute atomic E-state index is 0.146. The van der Waals surface area contributed by atoms with Crippen molar-refractivity contribution >= 4 is 11.7 Å². The van der Waals surface area contributed by atoms with E-state index in [1.165, 1.54) is 0 Å². The number of rotatable bonds is 6. The fourth-order valence-electron chi connectivity index (χ4n) is 3.39. The second kappa shape index (κ2) is 9.07. The van der Waals surface area contributed by atoms with Crippen LogP contribution < -0.4 is 31.6 Å². The number of nitrogens with one attached hydrogen (secondary N) is 1. The average molecular weight is 425 g/mol. The number of amides is 2. The van der Waals surface area contributed by atoms with Gasteiger partial charge in [-0.1, -0.05) is 6.07 Å². The SMILES string of the molecule is COc1cccc(N(N)C(=O)NN)c1COc1ccc(-c2nn(C)c(C)c2C)cc1C. The molecule has 0 spiro atoms. The quantitative estimate of drug-likeness (QED) is 0.318. The first-order chi connectivity index (χ1) is 14.8. The minimum Gasteiger partial charge on any atom is -0.496 e. The Labute approximate surface area is 181 Å². The van der Waals surface area contributed by atoms with Crippen molar-refractivity contribution in [1.29, 1.82) is 0 Å². The summed E-state index contributed by atoms with van der Waals surface area (Å²) in [5.74, 6) is 12.4. The molecule has 0 aliphatic rings. The van der Waals surface area contributed by atoms with E-state index in [1.807, 2.05) is 49.2 Å². The number of hydrogen-bond acceptors (Lipinski definition) is 6. The molecular formula is C22H28N6O3. The van der Waals surface area contributed by atoms with Gasteiger partial charge in [0.25, 0.3) is 0 Å². The van der Waals surface area contributed by atoms with Gasteiger partial charge in [-0.25, -0.2) is 21.5 Å². The van der Waals surface area contributed by atoms with Crippen LogP contribution in [0.15, 0.2) is 36.4 Å². The van der Waals surface area contributed by atoms with Gasteiger partial charge >= 0.3 is 6.03 Å². The maximum Gasteiger partial charge on any atom is 0.350 e. The predicted octanol–water partition coefficient (Wildman–Crippen LogP) is 2.86. The molecule has 3 aromatic rings. The molecule has 5 N–H and O–H groups in total. The molecule has 2 amide bonds. The molecule has 0 bridgehead atoms. The van der Waals surface area contributed by atoms with E-state index in [4.69, 9.17) is 21.2 Å². The normalized spacial score (nSPS) is 10.7. The smallest absolute Gasteiger partial charge is 0.350 e. The summed E-state index contributed by atoms with van der Waals surface area (Å²) < 4.78 is 13.4. The number of hydrogen-bond donors (Lipinski definition) is 3. The number of aryl methyl sites for hydroxylation is 2. The summed E-state index contributed by atoms with van der Waals surface area (Å²) in [5.41, 5.74) is 8.28. The molecule has 0 aliphatic carbocycles. The van der Waals surface area contributed by atoms with Crippen LogP contribution in [0.3, 0.4) is 0 Å². The van der Waals surface area contributed by atoms with Crippen LogP contribution in [-0.2, 0) is 13.7 Å². The molecule has 0 atom stereocenters. The van der Waals surface area contributed by atoms with E-state index in [1.54, 1.807) is 25.3 Å². The lowest BCUT2D eigenvalue weighted by Gasteiger charge is -2.21. The summed E-state index contributed by atoms with van der Waals surface area (Å²) >= 11 is 0. The number of anilines is 1. The van der Waals surface area contributed by atoms with Crippen molar-refractivity contribution in [3.8, 4) is 22.8 Å². The van der Waals surface area contributed by atoms with E-state index in [0.717, 1.165) is 33.1 Å². The van der Waals surface area contributed by atoms with Gasteiger partial charge in [0.1, 0.15) is 18.1 Å². The number of aromatic nitrogens is 2. The highest BCUT2D eigenvalue weighted by molar-refractivity contribution is 5.91. The molecule has 164 valence electrons. The van der Waals surface area contributed by atoms with Crippen molar-refractivity contribution in [1.82, 2.24) is 15.2 Å². The van der Waals surface area contributed by atoms with Gasteiger partial charge in [0.2, 0.25) is 0 Å². The maximum atomic E-state index is 11.9. The van der Waals surface area contributed by atoms with Gasteiger partial charge in [0, 0.05) is 18.3 Å². The largest absolute Gasteiger partial charge is 0.496 e. The first-order valence-corrected chi connectivity index (χ1v) is 9.73. The van der Waals surface area contributed by atoms with Crippen molar-refractivity contribution in [3.05, 3.63) is 58.8 Å². The maximum absolute atomic E-state index is 11.9. The molecule has 3 rings (SSSR count). The second-order valence-corrected chi connectivity index (χ2v) is 7.23. The zero-order valence-corrected chi connectivity index (χ0v) is 18.4. The van der Waals surface area contributed by atoms with E-state index in [-0.39, 0.29) is 6.61 Å². The second-order valence-electron chi connectivity index (χ2n) is 7.23. The number of nitrogens with zero attached hydrogens (tertiary/aromatic N) is 3. The van der Waals surface area contributed by atoms with Crippen LogP contribution in [-0.4, -0.2) is 22.9 Å². The third kappa shape index (κ3) is 4.32. The number of carbonyl (C=O) groups is 1. The van der Waals surface area contributed by atoms with Crippen LogP contribution in [0.4, 0.5) is 10.5 Å². The summed E-state index contributed by atoms with van der Waals surface area (Å²) in [6.07, 6.45) is 0. The number of ether oxygens (including phenoxy) is 2. The van der Waals surface area contributed by atoms with Crippen molar-refractivity contribution in [2.45, 2.75) is 27.4 Å². The zero-order chi connectivity index (χ0) is 22.7. The third-order valence-electron chi connectivity index (χ3n) is 5.38. The van der Waals surface area contributed by atoms with Gasteiger partial charge in [-0.3, -0.25) is 10.1 Å². The lowest BCUT2D eigenvalue weighted by Crippen LogP contribution is -2.48. The van der Waals surface area contributed by atoms with E-state index in [0.29, 0.717) is 22.7 Å². The van der Waals surface area contributed by atoms with Crippen LogP contribution in [0.25, 0.3) is 11.3 Å². The Bertz CT molecular complexity index is 1110. The number of benzene rings is 2. The van der Waals surface area contributed by atoms with Crippen molar-refractivity contribution < 1.29 is 14.3 Å². The average Bonchev–Trinajstić information content (AvgIpc) is 3.04. The Balaban J connectivity index is 1.88. The molecule has 1 aromatic heterocycles. The van der Waals surface area contributed by atoms with Crippen molar-refractivity contribution in [2.75, 3.05) is 12.1 Å². The zero-order valence-electron chi connectivity index (χ0n) is 18.4. The lowest BCUT2D eigenvalue weighted by atomic mass is 10.0. The van der Waals surface area contributed by atoms with E-state index in [2.05, 4.69) is 12.0 Å². The molecule has 0 saturated heterocycles. The van der Waals surface area contributed by atoms with Gasteiger partial charge < -0.3 is 9.47 Å². The summed E-state index contributed by atoms with van der Waals surface area (Å²) in [4.78, 5) is 11.9. The van der Waals surface area contributed by atoms with Crippen molar-refractivity contribution in [3.63, 3.8) is 0 Å². The molecule has 0 unspecified atom stereocenters. The summed E-state index contributed by atoms with van der Waals surface area (Å²) in [6, 6.07) is 10.5. The molecule has 9 nitrogen and oxygen atoms in total. The Morgan fingerprint density at radius 2 is 1.94 bits per heavy atom. The number of methoxy groups -OCH3 is 1. The molecule has 9 heteroatoms. The van der Waals surface area contributed by atoms with Gasteiger partial charge in [-0.2, -0.15) is 5.10 Å². The molecule has 0 fully saturated rings. The number of urea groups is 1. The third-order valence-corrected chi connectivity index (χ3v) is 5.38. The number of hydrazine groups is 2. The topological polar surface area (TPSA) is 121 Å². The van der Waals surface area contributed by atoms with Crippen molar-refractivity contribution in [2.24, 2.45) is 18.7 Å². The van der Waals surface area contributed by atoms with Crippen LogP contribution in [0.2, 0.25) is 0 Å². The highest BCUT2D eigenvalue weighted by atomic mass is 16.5. The van der Waals surface area contributed by atoms with E-state index >= 15 is 0 Å². The summed E-state index contributed by atoms with van der Waals surface area (Å²) in [6.45, 7) is 6.24. The number of nitrogens with two attached hydrogens (primary N) is 2. The molecule has 2 aromatic carbocycles. The first-order valence-electron chi connectivity index (χ1n) is 9.73. The standard InChI is InChI=1S/C22H28N6O3/c1-13-11-16(21-14(2)15(3)27(4)26-21)9-10-19(13)31-12-17-18(28(24)22(29)25-23)7-6-8-20(17)30-5/h6-11H,12,23-24H2,1-5H3,(H,25,29). The Hall–Kier alpha value is -3.56. The van der Waals surface area contributed by atoms with Gasteiger partial charge in [-0.15, -0.1) is 0 Å². The Kier molecular flexibility index (Phi) is 6.47. The molecule has 0 saturated carbocycles. The molecule has 1 heterocycles. The molecular weight excluding hydrogens is 396 g/mol. The Morgan fingerprint density at radius 1 is 1.19 bits per heavy atom. The summed E-state index contributed by atoms with van der Waals surface area (Å²) in [7, 11) is 3.48. The number of carbonyl (C=O) groups excluding carboxylic acids is 1. The highest BCUT2D eigenvalue weighted by Crippen LogP contribution is 2.32. The van der Waals surface area contributed by atoms with E-state index in [9.17, 15) is 4.79 Å². The van der Waals surface area contributed by atoms with Crippen LogP contribution in [0.1, 0.15) is 22.4 Å². The first kappa shape index (κ1) is 22.1. The highest BCUT2D eigenvalue weighted by Gasteiger charge is 2.19.